The van der Waals surface area contributed by atoms with Crippen LogP contribution in [-0.2, 0) is 0 Å². The molecule has 8 rings (SSSR count). The van der Waals surface area contributed by atoms with E-state index in [2.05, 4.69) is 65.2 Å². The van der Waals surface area contributed by atoms with Gasteiger partial charge in [-0.2, -0.15) is 0 Å². The summed E-state index contributed by atoms with van der Waals surface area (Å²) < 4.78 is 11.2. The monoisotopic (exact) mass is 551 g/mol. The lowest BCUT2D eigenvalue weighted by Gasteiger charge is -2.16. The summed E-state index contributed by atoms with van der Waals surface area (Å²) in [6, 6.07) is 51.5. The molecule has 8 aromatic rings. The number of hydrogen-bond donors (Lipinski definition) is 0. The molecule has 43 heavy (non-hydrogen) atoms. The summed E-state index contributed by atoms with van der Waals surface area (Å²) in [4.78, 5) is 15.1. The van der Waals surface area contributed by atoms with Crippen molar-refractivity contribution in [3.63, 3.8) is 0 Å². The predicted molar refractivity (Wildman–Crippen MR) is 176 cm³/mol. The van der Waals surface area contributed by atoms with Crippen LogP contribution in [0.3, 0.4) is 0 Å². The second-order valence-corrected chi connectivity index (χ2v) is 10.4. The molecule has 0 spiro atoms. The number of para-hydroxylation sites is 2. The number of nitrogens with zero attached hydrogens (tertiary/aromatic N) is 4. The van der Waals surface area contributed by atoms with E-state index in [1.807, 2.05) is 91.0 Å². The molecule has 4 nitrogen and oxygen atoms in total. The molecule has 0 saturated carbocycles. The molecule has 0 radical (unpaired) electrons. The van der Waals surface area contributed by atoms with Crippen LogP contribution in [0, 0.1) is 0 Å². The van der Waals surface area contributed by atoms with Gasteiger partial charge < -0.3 is 4.57 Å². The van der Waals surface area contributed by atoms with Gasteiger partial charge in [0.1, 0.15) is 0 Å². The Morgan fingerprint density at radius 1 is 0.419 bits per heavy atom. The van der Waals surface area contributed by atoms with E-state index >= 15 is 0 Å². The van der Waals surface area contributed by atoms with Gasteiger partial charge in [0.05, 0.1) is 18.1 Å². The Kier molecular flexibility index (Phi) is 5.82. The van der Waals surface area contributed by atoms with Crippen molar-refractivity contribution in [2.75, 3.05) is 0 Å². The van der Waals surface area contributed by atoms with Crippen molar-refractivity contribution in [1.29, 1.82) is 0 Å². The van der Waals surface area contributed by atoms with E-state index in [0.717, 1.165) is 55.3 Å². The summed E-state index contributed by atoms with van der Waals surface area (Å²) in [7, 11) is 0. The van der Waals surface area contributed by atoms with Gasteiger partial charge in [0, 0.05) is 27.5 Å². The zero-order valence-corrected chi connectivity index (χ0v) is 23.2. The van der Waals surface area contributed by atoms with Crippen LogP contribution in [0.5, 0.6) is 0 Å². The van der Waals surface area contributed by atoms with Crippen molar-refractivity contribution < 1.29 is 1.37 Å². The Morgan fingerprint density at radius 2 is 0.930 bits per heavy atom. The molecule has 0 fully saturated rings. The summed E-state index contributed by atoms with van der Waals surface area (Å²) >= 11 is 0. The van der Waals surface area contributed by atoms with Crippen LogP contribution in [0.2, 0.25) is 0 Å². The molecular weight excluding hydrogens is 524 g/mol. The number of fused-ring (bicyclic) bond motifs is 3. The topological polar surface area (TPSA) is 43.6 Å². The normalized spacial score (nSPS) is 11.6. The lowest BCUT2D eigenvalue weighted by Crippen LogP contribution is -2.04. The Labute approximate surface area is 251 Å². The molecule has 0 aliphatic carbocycles. The van der Waals surface area contributed by atoms with Crippen LogP contribution in [0.15, 0.2) is 158 Å². The largest absolute Gasteiger partial charge is 0.308 e. The van der Waals surface area contributed by atoms with Gasteiger partial charge in [-0.05, 0) is 35.4 Å². The molecule has 0 unspecified atom stereocenters. The number of hydrogen-bond acceptors (Lipinski definition) is 3. The van der Waals surface area contributed by atoms with Gasteiger partial charge in [-0.3, -0.25) is 0 Å². The van der Waals surface area contributed by atoms with E-state index in [1.165, 1.54) is 0 Å². The van der Waals surface area contributed by atoms with Gasteiger partial charge in [0.2, 0.25) is 0 Å². The average molecular weight is 552 g/mol. The lowest BCUT2D eigenvalue weighted by molar-refractivity contribution is 1.06. The fourth-order valence-electron chi connectivity index (χ4n) is 5.74. The molecule has 0 bridgehead atoms. The first-order valence-corrected chi connectivity index (χ1v) is 14.3. The SMILES string of the molecule is [2H]c1cccc2c3ccccc3n(-c3cc(-c4ccccc4)ccc3-c3nc(-c4ccccc4)nc(-c4ccccc4)n3)c12. The highest BCUT2D eigenvalue weighted by molar-refractivity contribution is 6.09. The maximum Gasteiger partial charge on any atom is 0.166 e. The highest BCUT2D eigenvalue weighted by Gasteiger charge is 2.20. The van der Waals surface area contributed by atoms with E-state index in [4.69, 9.17) is 16.3 Å². The Balaban J connectivity index is 1.47. The molecule has 0 atom stereocenters. The van der Waals surface area contributed by atoms with Crippen molar-refractivity contribution in [1.82, 2.24) is 19.5 Å². The lowest BCUT2D eigenvalue weighted by atomic mass is 10.0. The third kappa shape index (κ3) is 4.46. The Hall–Kier alpha value is -5.87. The third-order valence-electron chi connectivity index (χ3n) is 7.78. The first-order chi connectivity index (χ1) is 21.7. The standard InChI is InChI=1S/C39H26N4/c1-4-14-27(15-5-1)30-24-25-33(36(26-30)43-34-22-12-10-20-31(34)32-21-11-13-23-35(32)43)39-41-37(28-16-6-2-7-17-28)40-38(42-39)29-18-8-3-9-19-29/h1-26H/i22D. The third-order valence-corrected chi connectivity index (χ3v) is 7.78. The molecule has 2 aromatic heterocycles. The van der Waals surface area contributed by atoms with E-state index < -0.39 is 0 Å². The van der Waals surface area contributed by atoms with E-state index in [0.29, 0.717) is 23.5 Å². The second kappa shape index (κ2) is 10.5. The second-order valence-electron chi connectivity index (χ2n) is 10.4. The van der Waals surface area contributed by atoms with Crippen molar-refractivity contribution in [3.8, 4) is 51.0 Å². The van der Waals surface area contributed by atoms with Crippen LogP contribution in [-0.4, -0.2) is 19.5 Å². The van der Waals surface area contributed by atoms with Crippen LogP contribution in [0.25, 0.3) is 72.8 Å². The minimum absolute atomic E-state index is 0.459. The van der Waals surface area contributed by atoms with Crippen molar-refractivity contribution in [2.24, 2.45) is 0 Å². The summed E-state index contributed by atoms with van der Waals surface area (Å²) in [5, 5.41) is 2.13. The van der Waals surface area contributed by atoms with Crippen LogP contribution >= 0.6 is 0 Å². The first-order valence-electron chi connectivity index (χ1n) is 14.8. The minimum Gasteiger partial charge on any atom is -0.308 e. The quantitative estimate of drug-likeness (QED) is 0.214. The van der Waals surface area contributed by atoms with E-state index in [1.54, 1.807) is 0 Å². The fourth-order valence-corrected chi connectivity index (χ4v) is 5.74. The Morgan fingerprint density at radius 3 is 1.58 bits per heavy atom. The zero-order valence-electron chi connectivity index (χ0n) is 24.2. The molecule has 0 N–H and O–H groups in total. The summed E-state index contributed by atoms with van der Waals surface area (Å²) in [6.45, 7) is 0. The Bertz CT molecular complexity index is 2220. The molecule has 0 aliphatic rings. The van der Waals surface area contributed by atoms with Gasteiger partial charge in [-0.25, -0.2) is 15.0 Å². The average Bonchev–Trinajstić information content (AvgIpc) is 3.44. The summed E-state index contributed by atoms with van der Waals surface area (Å²) in [6.07, 6.45) is 0. The van der Waals surface area contributed by atoms with Crippen LogP contribution < -0.4 is 0 Å². The maximum atomic E-state index is 9.01. The molecule has 202 valence electrons. The number of aromatic nitrogens is 4. The molecule has 0 aliphatic heterocycles. The van der Waals surface area contributed by atoms with Gasteiger partial charge >= 0.3 is 0 Å². The van der Waals surface area contributed by atoms with E-state index in [-0.39, 0.29) is 0 Å². The van der Waals surface area contributed by atoms with Crippen molar-refractivity contribution >= 4 is 21.8 Å². The number of rotatable bonds is 5. The molecule has 2 heterocycles. The fraction of sp³-hybridized carbons (Fsp3) is 0. The molecule has 6 aromatic carbocycles. The van der Waals surface area contributed by atoms with Crippen LogP contribution in [0.1, 0.15) is 1.37 Å². The van der Waals surface area contributed by atoms with Gasteiger partial charge in [0.15, 0.2) is 17.5 Å². The molecule has 0 saturated heterocycles. The summed E-state index contributed by atoms with van der Waals surface area (Å²) in [5.41, 5.74) is 7.64. The van der Waals surface area contributed by atoms with Crippen LogP contribution in [0.4, 0.5) is 0 Å². The van der Waals surface area contributed by atoms with Gasteiger partial charge in [-0.1, -0.05) is 133 Å². The molecular formula is C39H26N4. The maximum absolute atomic E-state index is 9.01. The summed E-state index contributed by atoms with van der Waals surface area (Å²) in [5.74, 6) is 1.78. The molecule has 0 amide bonds. The smallest absolute Gasteiger partial charge is 0.166 e. The zero-order chi connectivity index (χ0) is 29.5. The van der Waals surface area contributed by atoms with Crippen molar-refractivity contribution in [3.05, 3.63) is 158 Å². The number of benzene rings is 6. The van der Waals surface area contributed by atoms with Gasteiger partial charge in [-0.15, -0.1) is 0 Å². The first kappa shape index (κ1) is 23.8. The van der Waals surface area contributed by atoms with Crippen molar-refractivity contribution in [2.45, 2.75) is 0 Å². The highest BCUT2D eigenvalue weighted by atomic mass is 15.1. The predicted octanol–water partition coefficient (Wildman–Crippen LogP) is 9.64. The van der Waals surface area contributed by atoms with E-state index in [9.17, 15) is 0 Å². The minimum atomic E-state index is 0.459. The molecule has 4 heteroatoms. The van der Waals surface area contributed by atoms with Gasteiger partial charge in [0.25, 0.3) is 0 Å². The highest BCUT2D eigenvalue weighted by Crippen LogP contribution is 2.38.